The van der Waals surface area contributed by atoms with Gasteiger partial charge in [-0.25, -0.2) is 4.79 Å². The highest BCUT2D eigenvalue weighted by atomic mass is 16.7. The van der Waals surface area contributed by atoms with Gasteiger partial charge in [0.2, 0.25) is 0 Å². The van der Waals surface area contributed by atoms with Crippen molar-refractivity contribution in [2.45, 2.75) is 192 Å². The van der Waals surface area contributed by atoms with Gasteiger partial charge in [0.05, 0.1) is 166 Å². The maximum atomic E-state index is 13.3. The number of amides is 1. The summed E-state index contributed by atoms with van der Waals surface area (Å²) in [6.07, 6.45) is 8.98. The van der Waals surface area contributed by atoms with Gasteiger partial charge in [-0.1, -0.05) is 182 Å². The molecule has 0 radical (unpaired) electrons. The van der Waals surface area contributed by atoms with Crippen molar-refractivity contribution in [2.24, 2.45) is 10.8 Å². The van der Waals surface area contributed by atoms with Gasteiger partial charge in [-0.2, -0.15) is 0 Å². The van der Waals surface area contributed by atoms with Crippen LogP contribution in [0.1, 0.15) is 171 Å². The fourth-order valence-electron chi connectivity index (χ4n) is 14.5. The molecule has 120 heavy (non-hydrogen) atoms. The Balaban J connectivity index is 0.000000284. The maximum absolute atomic E-state index is 13.3. The molecule has 10 rings (SSSR count). The first-order chi connectivity index (χ1) is 58.5. The zero-order valence-electron chi connectivity index (χ0n) is 71.5. The SMILES string of the molecule is CCOC(=O)CCCCC1OCC2(COC(CCCCC(=O)CNC(c3ccccc3)(c3ccccc3)c3ccccc3)OC2)CO1.CCOCCOC(C)COC(C)COC(C)COCCOC(=O)CCCCC1OCC2(COC(CCCCC(=O)CNC(c3ccccc3)(c3ccccc3)c3ccccc3)OC2)CO1.COC(=O)NCCO. The van der Waals surface area contributed by atoms with E-state index < -0.39 is 17.2 Å². The molecule has 3 atom stereocenters. The summed E-state index contributed by atoms with van der Waals surface area (Å²) in [6.45, 7) is 18.5. The van der Waals surface area contributed by atoms with Crippen LogP contribution >= 0.6 is 0 Å². The number of aliphatic hydroxyl groups is 1. The Bertz CT molecular complexity index is 3530. The summed E-state index contributed by atoms with van der Waals surface area (Å²) in [7, 11) is 1.27. The van der Waals surface area contributed by atoms with Crippen LogP contribution in [-0.2, 0) is 106 Å². The van der Waals surface area contributed by atoms with Crippen LogP contribution in [0, 0.1) is 10.8 Å². The van der Waals surface area contributed by atoms with Crippen LogP contribution in [0.2, 0.25) is 0 Å². The fourth-order valence-corrected chi connectivity index (χ4v) is 14.5. The maximum Gasteiger partial charge on any atom is 0.406 e. The summed E-state index contributed by atoms with van der Waals surface area (Å²) in [5.41, 5.74) is 4.55. The van der Waals surface area contributed by atoms with E-state index in [1.807, 2.05) is 144 Å². The summed E-state index contributed by atoms with van der Waals surface area (Å²) in [5, 5.41) is 17.8. The van der Waals surface area contributed by atoms with E-state index >= 15 is 0 Å². The van der Waals surface area contributed by atoms with Gasteiger partial charge in [0.25, 0.3) is 0 Å². The third-order valence-corrected chi connectivity index (χ3v) is 21.2. The summed E-state index contributed by atoms with van der Waals surface area (Å²) in [5.74, 6) is -0.0594. The Hall–Kier alpha value is -7.77. The second-order valence-corrected chi connectivity index (χ2v) is 31.1. The highest BCUT2D eigenvalue weighted by Gasteiger charge is 2.44. The minimum Gasteiger partial charge on any atom is -0.466 e. The molecule has 3 unspecified atom stereocenters. The first-order valence-corrected chi connectivity index (χ1v) is 43.1. The first kappa shape index (κ1) is 97.7. The normalized spacial score (nSPS) is 19.9. The van der Waals surface area contributed by atoms with E-state index in [0.717, 1.165) is 97.6 Å². The molecule has 0 aliphatic carbocycles. The number of ketones is 2. The lowest BCUT2D eigenvalue weighted by molar-refractivity contribution is -0.304. The van der Waals surface area contributed by atoms with E-state index in [1.165, 1.54) is 7.11 Å². The van der Waals surface area contributed by atoms with Gasteiger partial charge in [0.15, 0.2) is 25.2 Å². The van der Waals surface area contributed by atoms with Gasteiger partial charge in [0.1, 0.15) is 18.2 Å². The number of esters is 2. The molecule has 4 heterocycles. The summed E-state index contributed by atoms with van der Waals surface area (Å²) in [6, 6.07) is 62.0. The van der Waals surface area contributed by atoms with E-state index in [-0.39, 0.29) is 111 Å². The minimum atomic E-state index is -0.674. The molecule has 1 amide bonds. The molecule has 0 aromatic heterocycles. The van der Waals surface area contributed by atoms with E-state index in [1.54, 1.807) is 0 Å². The molecule has 4 aliphatic heterocycles. The van der Waals surface area contributed by atoms with Crippen molar-refractivity contribution in [3.05, 3.63) is 215 Å². The predicted octanol–water partition coefficient (Wildman–Crippen LogP) is 13.7. The molecule has 2 spiro atoms. The molecular weight excluding hydrogens is 1540 g/mol. The average molecular weight is 1670 g/mol. The molecule has 660 valence electrons. The van der Waals surface area contributed by atoms with Gasteiger partial charge in [-0.05, 0) is 145 Å². The standard InChI is InChI=1S/C52H75NO12.C39H49NO7.C4H9NO3/c1-5-56-29-31-58-42(3)35-61-43(4)36-60-41(2)34-57-30-32-59-48(55)26-16-18-28-50-64-39-51(40-65-50)37-62-49(63-38-51)27-17-15-25-47(54)33-53-52(44-19-9-6-10-20-44,45-21-11-7-12-22-45)46-23-13-8-14-24-46;1-2-43-35(42)23-13-15-25-37-46-29-38(30-47-37)27-44-36(45-28-38)24-14-12-22-34(41)26-40-39(31-16-6-3-7-17-31,32-18-8-4-9-19-32)33-20-10-5-11-21-33;1-8-4(7)5-2-3-6/h6-14,19-24,41-43,49-50,53H,5,15-18,25-40H2,1-4H3;3-11,16-21,36-37,40H,2,12-15,22-30H2,1H3;6H,2-3H2,1H3,(H,5,7). The fraction of sp³-hybridized carbons (Fsp3) is 0.568. The lowest BCUT2D eigenvalue weighted by atomic mass is 9.77. The summed E-state index contributed by atoms with van der Waals surface area (Å²) in [4.78, 5) is 60.5. The van der Waals surface area contributed by atoms with Crippen LogP contribution in [0.4, 0.5) is 4.79 Å². The van der Waals surface area contributed by atoms with Crippen molar-refractivity contribution in [3.8, 4) is 0 Å². The smallest absolute Gasteiger partial charge is 0.406 e. The highest BCUT2D eigenvalue weighted by Crippen LogP contribution is 2.40. The topological polar surface area (TPSA) is 289 Å². The number of benzene rings is 6. The number of unbranched alkanes of at least 4 members (excludes halogenated alkanes) is 4. The number of alkyl carbamates (subject to hydrolysis) is 1. The third kappa shape index (κ3) is 33.8. The number of nitrogens with one attached hydrogen (secondary N) is 3. The van der Waals surface area contributed by atoms with Crippen molar-refractivity contribution >= 4 is 29.6 Å². The first-order valence-electron chi connectivity index (χ1n) is 43.1. The van der Waals surface area contributed by atoms with Crippen molar-refractivity contribution in [1.29, 1.82) is 0 Å². The molecule has 4 fully saturated rings. The van der Waals surface area contributed by atoms with Crippen molar-refractivity contribution in [3.63, 3.8) is 0 Å². The molecule has 4 aliphatic rings. The van der Waals surface area contributed by atoms with Gasteiger partial charge in [0, 0.05) is 38.8 Å². The second kappa shape index (κ2) is 55.4. The highest BCUT2D eigenvalue weighted by molar-refractivity contribution is 5.81. The monoisotopic (exact) mass is 1670 g/mol. The number of carbonyl (C=O) groups is 5. The number of rotatable bonds is 51. The Labute approximate surface area is 710 Å². The van der Waals surface area contributed by atoms with Crippen LogP contribution in [0.15, 0.2) is 182 Å². The molecule has 4 N–H and O–H groups in total. The number of aliphatic hydroxyl groups excluding tert-OH is 1. The zero-order chi connectivity index (χ0) is 85.2. The molecular formula is C95H133N3O22. The lowest BCUT2D eigenvalue weighted by Gasteiger charge is -2.43. The van der Waals surface area contributed by atoms with Gasteiger partial charge < -0.3 is 86.2 Å². The van der Waals surface area contributed by atoms with Gasteiger partial charge in [-0.15, -0.1) is 0 Å². The van der Waals surface area contributed by atoms with E-state index in [4.69, 9.17) is 76.2 Å². The minimum absolute atomic E-state index is 0.0160. The molecule has 0 saturated carbocycles. The predicted molar refractivity (Wildman–Crippen MR) is 455 cm³/mol. The molecule has 0 bridgehead atoms. The number of ether oxygens (including phenoxy) is 16. The van der Waals surface area contributed by atoms with Gasteiger partial charge in [-0.3, -0.25) is 29.8 Å². The summed E-state index contributed by atoms with van der Waals surface area (Å²) < 4.78 is 91.2. The quantitative estimate of drug-likeness (QED) is 0.0119. The molecule has 6 aromatic carbocycles. The van der Waals surface area contributed by atoms with Crippen molar-refractivity contribution < 1.29 is 105 Å². The Morgan fingerprint density at radius 3 is 1.02 bits per heavy atom. The van der Waals surface area contributed by atoms with Crippen LogP contribution in [0.3, 0.4) is 0 Å². The number of hydrogen-bond donors (Lipinski definition) is 4. The Morgan fingerprint density at radius 1 is 0.392 bits per heavy atom. The van der Waals surface area contributed by atoms with E-state index in [9.17, 15) is 24.0 Å². The van der Waals surface area contributed by atoms with Crippen LogP contribution < -0.4 is 16.0 Å². The Morgan fingerprint density at radius 2 is 0.700 bits per heavy atom. The lowest BCUT2D eigenvalue weighted by Crippen LogP contribution is -2.52. The molecule has 25 heteroatoms. The number of carbonyl (C=O) groups excluding carboxylic acids is 5. The number of Topliss-reactive ketones (excluding diaryl/α,β-unsaturated/α-hetero) is 2. The van der Waals surface area contributed by atoms with E-state index in [0.29, 0.717) is 144 Å². The second-order valence-electron chi connectivity index (χ2n) is 31.1. The third-order valence-electron chi connectivity index (χ3n) is 21.2. The summed E-state index contributed by atoms with van der Waals surface area (Å²) >= 11 is 0. The molecule has 4 saturated heterocycles. The largest absolute Gasteiger partial charge is 0.466 e. The molecule has 6 aromatic rings. The number of methoxy groups -OCH3 is 1. The van der Waals surface area contributed by atoms with Crippen LogP contribution in [-0.4, -0.2) is 224 Å². The van der Waals surface area contributed by atoms with Crippen molar-refractivity contribution in [2.75, 3.05) is 146 Å². The zero-order valence-corrected chi connectivity index (χ0v) is 71.5. The average Bonchev–Trinajstić information content (AvgIpc) is 0.759. The van der Waals surface area contributed by atoms with Gasteiger partial charge >= 0.3 is 18.0 Å². The van der Waals surface area contributed by atoms with E-state index in [2.05, 4.69) is 93.5 Å². The number of hydrogen-bond acceptors (Lipinski definition) is 24. The molecule has 25 nitrogen and oxygen atoms in total. The van der Waals surface area contributed by atoms with Crippen LogP contribution in [0.5, 0.6) is 0 Å². The van der Waals surface area contributed by atoms with Crippen LogP contribution in [0.25, 0.3) is 0 Å². The Kier molecular flexibility index (Phi) is 45.1. The van der Waals surface area contributed by atoms with Crippen molar-refractivity contribution in [1.82, 2.24) is 16.0 Å².